The smallest absolute Gasteiger partial charge is 0.329 e. The van der Waals surface area contributed by atoms with Crippen LogP contribution in [-0.4, -0.2) is 36.7 Å². The first kappa shape index (κ1) is 18.7. The maximum Gasteiger partial charge on any atom is 0.329 e. The molecule has 1 saturated carbocycles. The van der Waals surface area contributed by atoms with Gasteiger partial charge in [0.15, 0.2) is 9.84 Å². The van der Waals surface area contributed by atoms with Crippen LogP contribution in [0.1, 0.15) is 32.6 Å². The van der Waals surface area contributed by atoms with E-state index in [4.69, 9.17) is 11.6 Å². The van der Waals surface area contributed by atoms with E-state index in [1.807, 2.05) is 6.92 Å². The van der Waals surface area contributed by atoms with Crippen LogP contribution in [0.4, 0.5) is 0 Å². The molecule has 0 aliphatic heterocycles. The van der Waals surface area contributed by atoms with E-state index < -0.39 is 33.0 Å². The van der Waals surface area contributed by atoms with Gasteiger partial charge >= 0.3 is 5.97 Å². The highest BCUT2D eigenvalue weighted by molar-refractivity contribution is 7.92. The molecule has 2 N–H and O–H groups in total. The number of rotatable bonds is 5. The van der Waals surface area contributed by atoms with E-state index in [0.717, 1.165) is 0 Å². The number of carbonyl (C=O) groups is 2. The zero-order valence-corrected chi connectivity index (χ0v) is 14.9. The fraction of sp³-hybridized carbons (Fsp3) is 0.500. The van der Waals surface area contributed by atoms with Crippen molar-refractivity contribution in [3.05, 3.63) is 29.3 Å². The Balaban J connectivity index is 2.11. The minimum absolute atomic E-state index is 0.0244. The van der Waals surface area contributed by atoms with Crippen molar-refractivity contribution in [3.63, 3.8) is 0 Å². The van der Waals surface area contributed by atoms with Crippen LogP contribution >= 0.6 is 11.6 Å². The summed E-state index contributed by atoms with van der Waals surface area (Å²) in [5, 5.41) is 12.3. The van der Waals surface area contributed by atoms with Gasteiger partial charge in [-0.15, -0.1) is 0 Å². The molecule has 24 heavy (non-hydrogen) atoms. The monoisotopic (exact) mass is 373 g/mol. The SMILES string of the molecule is CC1CCC(NC(=O)CS(=O)(=O)c2ccc(Cl)cc2)(C(=O)O)CC1. The maximum atomic E-state index is 12.3. The summed E-state index contributed by atoms with van der Waals surface area (Å²) < 4.78 is 24.5. The molecule has 0 heterocycles. The zero-order valence-electron chi connectivity index (χ0n) is 13.3. The number of nitrogens with one attached hydrogen (secondary N) is 1. The van der Waals surface area contributed by atoms with E-state index in [9.17, 15) is 23.1 Å². The van der Waals surface area contributed by atoms with Crippen LogP contribution in [0.3, 0.4) is 0 Å². The Labute approximate surface area is 146 Å². The summed E-state index contributed by atoms with van der Waals surface area (Å²) in [7, 11) is -3.85. The lowest BCUT2D eigenvalue weighted by Crippen LogP contribution is -2.57. The third-order valence-electron chi connectivity index (χ3n) is 4.41. The van der Waals surface area contributed by atoms with Gasteiger partial charge in [0, 0.05) is 5.02 Å². The molecule has 0 radical (unpaired) electrons. The number of halogens is 1. The number of carboxylic acids is 1. The van der Waals surface area contributed by atoms with E-state index in [0.29, 0.717) is 36.6 Å². The fourth-order valence-corrected chi connectivity index (χ4v) is 4.11. The highest BCUT2D eigenvalue weighted by Crippen LogP contribution is 2.32. The molecule has 132 valence electrons. The maximum absolute atomic E-state index is 12.3. The van der Waals surface area contributed by atoms with Gasteiger partial charge in [-0.05, 0) is 55.9 Å². The highest BCUT2D eigenvalue weighted by atomic mass is 35.5. The first-order valence-electron chi connectivity index (χ1n) is 7.67. The third kappa shape index (κ3) is 4.27. The molecular weight excluding hydrogens is 354 g/mol. The Morgan fingerprint density at radius 2 is 1.79 bits per heavy atom. The predicted octanol–water partition coefficient (Wildman–Crippen LogP) is 2.26. The predicted molar refractivity (Wildman–Crippen MR) is 89.6 cm³/mol. The van der Waals surface area contributed by atoms with Crippen molar-refractivity contribution in [2.24, 2.45) is 5.92 Å². The number of amides is 1. The average Bonchev–Trinajstić information content (AvgIpc) is 2.49. The van der Waals surface area contributed by atoms with Gasteiger partial charge in [0.25, 0.3) is 0 Å². The van der Waals surface area contributed by atoms with Crippen LogP contribution in [-0.2, 0) is 19.4 Å². The first-order valence-corrected chi connectivity index (χ1v) is 9.70. The van der Waals surface area contributed by atoms with E-state index in [1.54, 1.807) is 0 Å². The molecule has 0 saturated heterocycles. The molecule has 1 aliphatic rings. The molecule has 1 aliphatic carbocycles. The molecule has 2 rings (SSSR count). The molecule has 1 fully saturated rings. The van der Waals surface area contributed by atoms with Gasteiger partial charge in [0.05, 0.1) is 4.90 Å². The number of sulfone groups is 1. The van der Waals surface area contributed by atoms with Crippen LogP contribution in [0.25, 0.3) is 0 Å². The Morgan fingerprint density at radius 1 is 1.25 bits per heavy atom. The van der Waals surface area contributed by atoms with Gasteiger partial charge in [-0.3, -0.25) is 4.79 Å². The first-order chi connectivity index (χ1) is 11.1. The third-order valence-corrected chi connectivity index (χ3v) is 6.29. The topological polar surface area (TPSA) is 101 Å². The number of carbonyl (C=O) groups excluding carboxylic acids is 1. The summed E-state index contributed by atoms with van der Waals surface area (Å²) in [5.41, 5.74) is -1.38. The van der Waals surface area contributed by atoms with E-state index in [2.05, 4.69) is 5.32 Å². The largest absolute Gasteiger partial charge is 0.480 e. The number of hydrogen-bond donors (Lipinski definition) is 2. The summed E-state index contributed by atoms with van der Waals surface area (Å²) in [6.45, 7) is 2.03. The van der Waals surface area contributed by atoms with Crippen LogP contribution in [0, 0.1) is 5.92 Å². The molecule has 1 aromatic carbocycles. The lowest BCUT2D eigenvalue weighted by molar-refractivity contribution is -0.149. The molecule has 1 aromatic rings. The van der Waals surface area contributed by atoms with E-state index in [-0.39, 0.29) is 4.90 Å². The van der Waals surface area contributed by atoms with E-state index >= 15 is 0 Å². The molecule has 1 amide bonds. The van der Waals surface area contributed by atoms with Crippen LogP contribution in [0.15, 0.2) is 29.2 Å². The highest BCUT2D eigenvalue weighted by Gasteiger charge is 2.43. The Morgan fingerprint density at radius 3 is 2.29 bits per heavy atom. The Hall–Kier alpha value is -1.60. The Bertz CT molecular complexity index is 721. The average molecular weight is 374 g/mol. The van der Waals surface area contributed by atoms with Crippen LogP contribution in [0.2, 0.25) is 5.02 Å². The minimum atomic E-state index is -3.85. The number of hydrogen-bond acceptors (Lipinski definition) is 4. The van der Waals surface area contributed by atoms with Gasteiger partial charge in [0.2, 0.25) is 5.91 Å². The van der Waals surface area contributed by atoms with Crippen molar-refractivity contribution in [1.82, 2.24) is 5.32 Å². The van der Waals surface area contributed by atoms with Gasteiger partial charge in [-0.25, -0.2) is 13.2 Å². The molecule has 0 unspecified atom stereocenters. The number of benzene rings is 1. The van der Waals surface area contributed by atoms with Crippen LogP contribution in [0.5, 0.6) is 0 Å². The van der Waals surface area contributed by atoms with Crippen molar-refractivity contribution in [2.45, 2.75) is 43.0 Å². The summed E-state index contributed by atoms with van der Waals surface area (Å²) in [5.74, 6) is -2.32. The molecule has 0 atom stereocenters. The van der Waals surface area contributed by atoms with Crippen molar-refractivity contribution in [1.29, 1.82) is 0 Å². The van der Waals surface area contributed by atoms with Gasteiger partial charge in [0.1, 0.15) is 11.3 Å². The number of aliphatic carboxylic acids is 1. The van der Waals surface area contributed by atoms with Gasteiger partial charge in [-0.2, -0.15) is 0 Å². The molecule has 0 aromatic heterocycles. The lowest BCUT2D eigenvalue weighted by atomic mass is 9.77. The molecule has 0 spiro atoms. The molecular formula is C16H20ClNO5S. The van der Waals surface area contributed by atoms with E-state index in [1.165, 1.54) is 24.3 Å². The fourth-order valence-electron chi connectivity index (χ4n) is 2.85. The summed E-state index contributed by atoms with van der Waals surface area (Å²) in [6.07, 6.45) is 1.96. The summed E-state index contributed by atoms with van der Waals surface area (Å²) in [6, 6.07) is 5.49. The minimum Gasteiger partial charge on any atom is -0.480 e. The molecule has 0 bridgehead atoms. The van der Waals surface area contributed by atoms with Crippen molar-refractivity contribution >= 4 is 33.3 Å². The second-order valence-electron chi connectivity index (χ2n) is 6.33. The summed E-state index contributed by atoms with van der Waals surface area (Å²) >= 11 is 5.72. The van der Waals surface area contributed by atoms with Crippen molar-refractivity contribution in [3.8, 4) is 0 Å². The standard InChI is InChI=1S/C16H20ClNO5S/c1-11-6-8-16(9-7-11,15(20)21)18-14(19)10-24(22,23)13-4-2-12(17)3-5-13/h2-5,11H,6-10H2,1H3,(H,18,19)(H,20,21). The molecule has 8 heteroatoms. The lowest BCUT2D eigenvalue weighted by Gasteiger charge is -2.36. The summed E-state index contributed by atoms with van der Waals surface area (Å²) in [4.78, 5) is 23.8. The Kier molecular flexibility index (Phi) is 5.55. The molecule has 6 nitrogen and oxygen atoms in total. The van der Waals surface area contributed by atoms with Gasteiger partial charge < -0.3 is 10.4 Å². The zero-order chi connectivity index (χ0) is 18.0. The van der Waals surface area contributed by atoms with Gasteiger partial charge in [-0.1, -0.05) is 18.5 Å². The second kappa shape index (κ2) is 7.11. The normalized spacial score (nSPS) is 24.3. The van der Waals surface area contributed by atoms with Crippen LogP contribution < -0.4 is 5.32 Å². The van der Waals surface area contributed by atoms with Crippen molar-refractivity contribution in [2.75, 3.05) is 5.75 Å². The second-order valence-corrected chi connectivity index (χ2v) is 8.76. The number of carboxylic acid groups (broad SMARTS) is 1. The quantitative estimate of drug-likeness (QED) is 0.824. The van der Waals surface area contributed by atoms with Crippen molar-refractivity contribution < 1.29 is 23.1 Å².